The van der Waals surface area contributed by atoms with Crippen molar-refractivity contribution in [1.82, 2.24) is 20.2 Å². The maximum absolute atomic E-state index is 10.6. The predicted molar refractivity (Wildman–Crippen MR) is 74.1 cm³/mol. The van der Waals surface area contributed by atoms with Crippen LogP contribution in [-0.4, -0.2) is 37.0 Å². The fraction of sp³-hybridized carbons (Fsp3) is 0.833. The van der Waals surface area contributed by atoms with Crippen molar-refractivity contribution < 1.29 is 9.90 Å². The second-order valence-corrected chi connectivity index (χ2v) is 6.37. The Morgan fingerprint density at radius 2 is 2.16 bits per heavy atom. The molecule has 7 heteroatoms. The Labute approximate surface area is 118 Å². The fourth-order valence-electron chi connectivity index (χ4n) is 1.86. The van der Waals surface area contributed by atoms with Crippen LogP contribution in [0.3, 0.4) is 0 Å². The van der Waals surface area contributed by atoms with Crippen LogP contribution in [0.5, 0.6) is 0 Å². The number of unbranched alkanes of at least 4 members (excludes halogenated alkanes) is 2. The smallest absolute Gasteiger partial charge is 0.313 e. The number of nitrogens with zero attached hydrogens (tertiary/aromatic N) is 4. The van der Waals surface area contributed by atoms with Crippen molar-refractivity contribution in [2.75, 3.05) is 5.75 Å². The third kappa shape index (κ3) is 6.04. The third-order valence-corrected chi connectivity index (χ3v) is 3.80. The van der Waals surface area contributed by atoms with Gasteiger partial charge in [0.2, 0.25) is 5.16 Å². The summed E-state index contributed by atoms with van der Waals surface area (Å²) in [5.74, 6) is -0.877. The van der Waals surface area contributed by atoms with Crippen molar-refractivity contribution >= 4 is 17.7 Å². The van der Waals surface area contributed by atoms with Gasteiger partial charge in [0.1, 0.15) is 0 Å². The van der Waals surface area contributed by atoms with Gasteiger partial charge < -0.3 is 5.11 Å². The van der Waals surface area contributed by atoms with Crippen LogP contribution < -0.4 is 0 Å². The van der Waals surface area contributed by atoms with Crippen molar-refractivity contribution in [1.29, 1.82) is 0 Å². The minimum atomic E-state index is -0.859. The Morgan fingerprint density at radius 3 is 2.79 bits per heavy atom. The second kappa shape index (κ2) is 7.47. The van der Waals surface area contributed by atoms with Gasteiger partial charge in [0, 0.05) is 0 Å². The van der Waals surface area contributed by atoms with E-state index in [0.717, 1.165) is 18.2 Å². The van der Waals surface area contributed by atoms with Gasteiger partial charge >= 0.3 is 5.97 Å². The quantitative estimate of drug-likeness (QED) is 0.555. The molecule has 0 atom stereocenters. The fourth-order valence-corrected chi connectivity index (χ4v) is 2.46. The highest BCUT2D eigenvalue weighted by atomic mass is 32.2. The molecule has 0 aromatic carbocycles. The topological polar surface area (TPSA) is 80.9 Å². The molecule has 0 aliphatic carbocycles. The Bertz CT molecular complexity index is 406. The molecule has 0 aliphatic heterocycles. The Morgan fingerprint density at radius 1 is 1.42 bits per heavy atom. The van der Waals surface area contributed by atoms with Crippen molar-refractivity contribution in [3.05, 3.63) is 0 Å². The lowest BCUT2D eigenvalue weighted by molar-refractivity contribution is -0.133. The SMILES string of the molecule is CCCCCC(C)(C)Cn1nnnc1SCC(=O)O. The summed E-state index contributed by atoms with van der Waals surface area (Å²) in [6.45, 7) is 7.28. The molecule has 19 heavy (non-hydrogen) atoms. The summed E-state index contributed by atoms with van der Waals surface area (Å²) < 4.78 is 1.71. The molecule has 1 heterocycles. The molecule has 0 saturated heterocycles. The van der Waals surface area contributed by atoms with E-state index < -0.39 is 5.97 Å². The lowest BCUT2D eigenvalue weighted by atomic mass is 9.87. The number of carbonyl (C=O) groups is 1. The van der Waals surface area contributed by atoms with Crippen molar-refractivity contribution in [2.45, 2.75) is 58.2 Å². The highest BCUT2D eigenvalue weighted by molar-refractivity contribution is 7.99. The van der Waals surface area contributed by atoms with Crippen LogP contribution in [0.1, 0.15) is 46.5 Å². The monoisotopic (exact) mass is 286 g/mol. The summed E-state index contributed by atoms with van der Waals surface area (Å²) >= 11 is 1.16. The number of rotatable bonds is 9. The first-order valence-electron chi connectivity index (χ1n) is 6.55. The molecular weight excluding hydrogens is 264 g/mol. The highest BCUT2D eigenvalue weighted by Crippen LogP contribution is 2.27. The first kappa shape index (κ1) is 15.9. The van der Waals surface area contributed by atoms with Crippen LogP contribution >= 0.6 is 11.8 Å². The van der Waals surface area contributed by atoms with Crippen LogP contribution in [0.2, 0.25) is 0 Å². The van der Waals surface area contributed by atoms with Crippen LogP contribution in [0.25, 0.3) is 0 Å². The molecule has 108 valence electrons. The zero-order valence-corrected chi connectivity index (χ0v) is 12.6. The number of aromatic nitrogens is 4. The number of carboxylic acid groups (broad SMARTS) is 1. The molecule has 0 fully saturated rings. The molecule has 1 N–H and O–H groups in total. The van der Waals surface area contributed by atoms with Gasteiger partial charge in [-0.25, -0.2) is 4.68 Å². The van der Waals surface area contributed by atoms with E-state index in [2.05, 4.69) is 36.3 Å². The van der Waals surface area contributed by atoms with E-state index in [1.165, 1.54) is 19.3 Å². The maximum atomic E-state index is 10.6. The molecule has 0 saturated carbocycles. The summed E-state index contributed by atoms with van der Waals surface area (Å²) in [5.41, 5.74) is 0.114. The number of hydrogen-bond donors (Lipinski definition) is 1. The minimum absolute atomic E-state index is 0.0172. The molecule has 0 amide bonds. The lowest BCUT2D eigenvalue weighted by Crippen LogP contribution is -2.21. The van der Waals surface area contributed by atoms with Crippen molar-refractivity contribution in [3.8, 4) is 0 Å². The summed E-state index contributed by atoms with van der Waals surface area (Å²) in [7, 11) is 0. The lowest BCUT2D eigenvalue weighted by Gasteiger charge is -2.24. The van der Waals surface area contributed by atoms with Gasteiger partial charge in [-0.3, -0.25) is 4.79 Å². The molecule has 0 bridgehead atoms. The molecule has 1 rings (SSSR count). The van der Waals surface area contributed by atoms with Gasteiger partial charge in [-0.2, -0.15) is 0 Å². The molecule has 1 aromatic heterocycles. The van der Waals surface area contributed by atoms with E-state index >= 15 is 0 Å². The molecule has 0 aliphatic rings. The van der Waals surface area contributed by atoms with Gasteiger partial charge in [-0.05, 0) is 22.3 Å². The van der Waals surface area contributed by atoms with Crippen LogP contribution in [0, 0.1) is 5.41 Å². The molecule has 0 radical (unpaired) electrons. The van der Waals surface area contributed by atoms with E-state index in [4.69, 9.17) is 5.11 Å². The summed E-state index contributed by atoms with van der Waals surface area (Å²) in [5, 5.41) is 20.7. The molecular formula is C12H22N4O2S. The van der Waals surface area contributed by atoms with Crippen molar-refractivity contribution in [3.63, 3.8) is 0 Å². The highest BCUT2D eigenvalue weighted by Gasteiger charge is 2.21. The van der Waals surface area contributed by atoms with E-state index in [-0.39, 0.29) is 11.2 Å². The van der Waals surface area contributed by atoms with Gasteiger partial charge in [-0.1, -0.05) is 51.8 Å². The Balaban J connectivity index is 2.55. The second-order valence-electron chi connectivity index (χ2n) is 5.42. The predicted octanol–water partition coefficient (Wildman–Crippen LogP) is 2.46. The number of carboxylic acids is 1. The molecule has 1 aromatic rings. The standard InChI is InChI=1S/C12H22N4O2S/c1-4-5-6-7-12(2,3)9-16-11(13-14-15-16)19-8-10(17)18/h4-9H2,1-3H3,(H,17,18). The molecule has 0 spiro atoms. The average Bonchev–Trinajstić information content (AvgIpc) is 2.73. The van der Waals surface area contributed by atoms with Crippen molar-refractivity contribution in [2.24, 2.45) is 5.41 Å². The Hall–Kier alpha value is -1.11. The van der Waals surface area contributed by atoms with Gasteiger partial charge in [0.05, 0.1) is 12.3 Å². The van der Waals surface area contributed by atoms with E-state index in [1.54, 1.807) is 4.68 Å². The van der Waals surface area contributed by atoms with Crippen LogP contribution in [-0.2, 0) is 11.3 Å². The normalized spacial score (nSPS) is 11.7. The van der Waals surface area contributed by atoms with Crippen LogP contribution in [0.15, 0.2) is 5.16 Å². The third-order valence-electron chi connectivity index (χ3n) is 2.86. The van der Waals surface area contributed by atoms with Gasteiger partial charge in [0.15, 0.2) is 0 Å². The van der Waals surface area contributed by atoms with Crippen LogP contribution in [0.4, 0.5) is 0 Å². The first-order chi connectivity index (χ1) is 8.94. The number of hydrogen-bond acceptors (Lipinski definition) is 5. The maximum Gasteiger partial charge on any atom is 0.313 e. The summed E-state index contributed by atoms with van der Waals surface area (Å²) in [6.07, 6.45) is 4.76. The zero-order chi connectivity index (χ0) is 14.3. The first-order valence-corrected chi connectivity index (χ1v) is 7.54. The van der Waals surface area contributed by atoms with E-state index in [0.29, 0.717) is 11.7 Å². The molecule has 6 nitrogen and oxygen atoms in total. The number of aliphatic carboxylic acids is 1. The number of thioether (sulfide) groups is 1. The molecule has 0 unspecified atom stereocenters. The van der Waals surface area contributed by atoms with Gasteiger partial charge in [-0.15, -0.1) is 5.10 Å². The summed E-state index contributed by atoms with van der Waals surface area (Å²) in [4.78, 5) is 10.6. The minimum Gasteiger partial charge on any atom is -0.481 e. The zero-order valence-electron chi connectivity index (χ0n) is 11.8. The van der Waals surface area contributed by atoms with E-state index in [1.807, 2.05) is 0 Å². The van der Waals surface area contributed by atoms with Gasteiger partial charge in [0.25, 0.3) is 0 Å². The van der Waals surface area contributed by atoms with E-state index in [9.17, 15) is 4.79 Å². The Kier molecular flexibility index (Phi) is 6.27. The average molecular weight is 286 g/mol. The largest absolute Gasteiger partial charge is 0.481 e. The summed E-state index contributed by atoms with van der Waals surface area (Å²) in [6, 6.07) is 0. The number of tetrazole rings is 1.